The number of fused-ring (bicyclic) bond motifs is 1. The number of aromatic amines is 1. The number of hydrogen-bond acceptors (Lipinski definition) is 6. The van der Waals surface area contributed by atoms with Crippen molar-refractivity contribution < 1.29 is 19.1 Å². The van der Waals surface area contributed by atoms with Crippen LogP contribution in [0.15, 0.2) is 18.3 Å². The summed E-state index contributed by atoms with van der Waals surface area (Å²) in [6, 6.07) is 3.73. The van der Waals surface area contributed by atoms with Crippen molar-refractivity contribution in [2.45, 2.75) is 45.8 Å². The molecule has 0 spiro atoms. The first kappa shape index (κ1) is 20.0. The quantitative estimate of drug-likeness (QED) is 0.810. The van der Waals surface area contributed by atoms with Crippen LogP contribution in [-0.4, -0.2) is 65.5 Å². The first-order chi connectivity index (χ1) is 13.2. The smallest absolute Gasteiger partial charge is 0.410 e. The number of methoxy groups -OCH3 is 1. The van der Waals surface area contributed by atoms with E-state index >= 15 is 0 Å². The van der Waals surface area contributed by atoms with Crippen LogP contribution in [0.25, 0.3) is 10.9 Å². The summed E-state index contributed by atoms with van der Waals surface area (Å²) >= 11 is 0. The highest BCUT2D eigenvalue weighted by molar-refractivity contribution is 6.06. The Morgan fingerprint density at radius 1 is 1.36 bits per heavy atom. The SMILES string of the molecule is CCN(C(=O)OC(C)(C)C)C1CCN(c2ccc(C(=O)OC)c3[nH]ncc23)C1. The molecule has 1 aromatic heterocycles. The van der Waals surface area contributed by atoms with Crippen molar-refractivity contribution in [3.05, 3.63) is 23.9 Å². The minimum absolute atomic E-state index is 0.0714. The van der Waals surface area contributed by atoms with Gasteiger partial charge in [-0.15, -0.1) is 0 Å². The molecule has 0 radical (unpaired) electrons. The monoisotopic (exact) mass is 388 g/mol. The number of esters is 1. The fraction of sp³-hybridized carbons (Fsp3) is 0.550. The van der Waals surface area contributed by atoms with E-state index in [1.54, 1.807) is 17.2 Å². The van der Waals surface area contributed by atoms with E-state index in [1.807, 2.05) is 33.8 Å². The number of carbonyl (C=O) groups is 2. The lowest BCUT2D eigenvalue weighted by Crippen LogP contribution is -2.44. The summed E-state index contributed by atoms with van der Waals surface area (Å²) in [6.45, 7) is 9.68. The topological polar surface area (TPSA) is 87.8 Å². The van der Waals surface area contributed by atoms with E-state index in [0.717, 1.165) is 24.0 Å². The zero-order valence-electron chi connectivity index (χ0n) is 17.1. The van der Waals surface area contributed by atoms with Gasteiger partial charge in [0.25, 0.3) is 0 Å². The first-order valence-corrected chi connectivity index (χ1v) is 9.54. The minimum atomic E-state index is -0.518. The average Bonchev–Trinajstić information content (AvgIpc) is 3.29. The molecule has 2 heterocycles. The zero-order chi connectivity index (χ0) is 20.5. The van der Waals surface area contributed by atoms with E-state index in [0.29, 0.717) is 24.2 Å². The van der Waals surface area contributed by atoms with Crippen molar-refractivity contribution in [3.8, 4) is 0 Å². The van der Waals surface area contributed by atoms with Crippen LogP contribution in [0.5, 0.6) is 0 Å². The van der Waals surface area contributed by atoms with Crippen LogP contribution in [0.3, 0.4) is 0 Å². The van der Waals surface area contributed by atoms with Crippen molar-refractivity contribution in [3.63, 3.8) is 0 Å². The fourth-order valence-electron chi connectivity index (χ4n) is 3.65. The third kappa shape index (κ3) is 3.90. The molecule has 8 nitrogen and oxygen atoms in total. The number of hydrogen-bond donors (Lipinski definition) is 1. The molecule has 1 aliphatic heterocycles. The standard InChI is InChI=1S/C20H28N4O4/c1-6-24(19(26)28-20(2,3)4)13-9-10-23(12-13)16-8-7-14(18(25)27-5)17-15(16)11-21-22-17/h7-8,11,13H,6,9-10,12H2,1-5H3,(H,21,22). The molecule has 28 heavy (non-hydrogen) atoms. The van der Waals surface area contributed by atoms with Gasteiger partial charge in [-0.1, -0.05) is 0 Å². The zero-order valence-corrected chi connectivity index (χ0v) is 17.1. The molecule has 1 amide bonds. The molecule has 8 heteroatoms. The Hall–Kier alpha value is -2.77. The van der Waals surface area contributed by atoms with Crippen molar-refractivity contribution in [2.24, 2.45) is 0 Å². The van der Waals surface area contributed by atoms with Crippen LogP contribution in [-0.2, 0) is 9.47 Å². The van der Waals surface area contributed by atoms with Crippen molar-refractivity contribution >= 4 is 28.7 Å². The molecule has 3 rings (SSSR count). The van der Waals surface area contributed by atoms with Gasteiger partial charge in [0.1, 0.15) is 5.60 Å². The fourth-order valence-corrected chi connectivity index (χ4v) is 3.65. The van der Waals surface area contributed by atoms with Gasteiger partial charge in [-0.25, -0.2) is 9.59 Å². The van der Waals surface area contributed by atoms with E-state index in [4.69, 9.17) is 9.47 Å². The molecule has 0 aliphatic carbocycles. The predicted octanol–water partition coefficient (Wildman–Crippen LogP) is 3.19. The molecule has 152 valence electrons. The molecule has 1 aromatic carbocycles. The lowest BCUT2D eigenvalue weighted by Gasteiger charge is -2.31. The second-order valence-corrected chi connectivity index (χ2v) is 7.94. The normalized spacial score (nSPS) is 17.0. The second kappa shape index (κ2) is 7.69. The summed E-state index contributed by atoms with van der Waals surface area (Å²) in [5.41, 5.74) is 1.58. The van der Waals surface area contributed by atoms with Gasteiger partial charge in [0.2, 0.25) is 0 Å². The molecule has 1 aliphatic rings. The van der Waals surface area contributed by atoms with Crippen LogP contribution < -0.4 is 4.90 Å². The summed E-state index contributed by atoms with van der Waals surface area (Å²) < 4.78 is 10.4. The van der Waals surface area contributed by atoms with Gasteiger partial charge in [-0.2, -0.15) is 5.10 Å². The number of aromatic nitrogens is 2. The summed E-state index contributed by atoms with van der Waals surface area (Å²) in [7, 11) is 1.36. The predicted molar refractivity (Wildman–Crippen MR) is 107 cm³/mol. The van der Waals surface area contributed by atoms with Crippen LogP contribution in [0.4, 0.5) is 10.5 Å². The molecule has 2 aromatic rings. The number of nitrogens with zero attached hydrogens (tertiary/aromatic N) is 3. The van der Waals surface area contributed by atoms with E-state index in [1.165, 1.54) is 7.11 Å². The summed E-state index contributed by atoms with van der Waals surface area (Å²) in [6.07, 6.45) is 2.29. The number of amides is 1. The summed E-state index contributed by atoms with van der Waals surface area (Å²) in [5.74, 6) is -0.401. The molecule has 1 saturated heterocycles. The molecule has 0 bridgehead atoms. The van der Waals surface area contributed by atoms with E-state index < -0.39 is 11.6 Å². The van der Waals surface area contributed by atoms with Gasteiger partial charge < -0.3 is 19.3 Å². The number of likely N-dealkylation sites (N-methyl/N-ethyl adjacent to an activating group) is 1. The van der Waals surface area contributed by atoms with Crippen molar-refractivity contribution in [2.75, 3.05) is 31.6 Å². The van der Waals surface area contributed by atoms with Crippen LogP contribution >= 0.6 is 0 Å². The average molecular weight is 388 g/mol. The molecule has 0 saturated carbocycles. The van der Waals surface area contributed by atoms with E-state index in [9.17, 15) is 9.59 Å². The highest BCUT2D eigenvalue weighted by Gasteiger charge is 2.33. The summed E-state index contributed by atoms with van der Waals surface area (Å²) in [5, 5.41) is 7.86. The maximum atomic E-state index is 12.6. The minimum Gasteiger partial charge on any atom is -0.465 e. The Kier molecular flexibility index (Phi) is 5.49. The van der Waals surface area contributed by atoms with Crippen LogP contribution in [0.1, 0.15) is 44.5 Å². The maximum Gasteiger partial charge on any atom is 0.410 e. The summed E-state index contributed by atoms with van der Waals surface area (Å²) in [4.78, 5) is 28.6. The molecule has 1 atom stereocenters. The number of nitrogens with one attached hydrogen (secondary N) is 1. The van der Waals surface area contributed by atoms with Crippen LogP contribution in [0.2, 0.25) is 0 Å². The van der Waals surface area contributed by atoms with Gasteiger partial charge >= 0.3 is 12.1 Å². The van der Waals surface area contributed by atoms with Gasteiger partial charge in [0, 0.05) is 30.7 Å². The van der Waals surface area contributed by atoms with Crippen molar-refractivity contribution in [1.82, 2.24) is 15.1 Å². The number of H-pyrrole nitrogens is 1. The third-order valence-corrected chi connectivity index (χ3v) is 4.91. The highest BCUT2D eigenvalue weighted by Crippen LogP contribution is 2.32. The number of benzene rings is 1. The molecule has 1 unspecified atom stereocenters. The molecular weight excluding hydrogens is 360 g/mol. The Morgan fingerprint density at radius 3 is 2.75 bits per heavy atom. The number of carbonyl (C=O) groups excluding carboxylic acids is 2. The van der Waals surface area contributed by atoms with Crippen molar-refractivity contribution in [1.29, 1.82) is 0 Å². The number of rotatable bonds is 4. The second-order valence-electron chi connectivity index (χ2n) is 7.94. The third-order valence-electron chi connectivity index (χ3n) is 4.91. The van der Waals surface area contributed by atoms with Gasteiger partial charge in [0.15, 0.2) is 0 Å². The molecule has 1 fully saturated rings. The van der Waals surface area contributed by atoms with Crippen LogP contribution in [0, 0.1) is 0 Å². The number of ether oxygens (including phenoxy) is 2. The maximum absolute atomic E-state index is 12.6. The lowest BCUT2D eigenvalue weighted by atomic mass is 10.1. The van der Waals surface area contributed by atoms with Gasteiger partial charge in [0.05, 0.1) is 30.4 Å². The van der Waals surface area contributed by atoms with Gasteiger partial charge in [-0.05, 0) is 46.2 Å². The number of anilines is 1. The highest BCUT2D eigenvalue weighted by atomic mass is 16.6. The largest absolute Gasteiger partial charge is 0.465 e. The van der Waals surface area contributed by atoms with Gasteiger partial charge in [-0.3, -0.25) is 5.10 Å². The van der Waals surface area contributed by atoms with E-state index in [-0.39, 0.29) is 12.1 Å². The Labute approximate surface area is 164 Å². The lowest BCUT2D eigenvalue weighted by molar-refractivity contribution is 0.0190. The Morgan fingerprint density at radius 2 is 2.11 bits per heavy atom. The first-order valence-electron chi connectivity index (χ1n) is 9.54. The molecule has 1 N–H and O–H groups in total. The molecular formula is C20H28N4O4. The Balaban J connectivity index is 1.81. The van der Waals surface area contributed by atoms with E-state index in [2.05, 4.69) is 15.1 Å². The Bertz CT molecular complexity index is 871.